The zero-order valence-corrected chi connectivity index (χ0v) is 11.1. The summed E-state index contributed by atoms with van der Waals surface area (Å²) in [5, 5.41) is 13.2. The molecule has 0 saturated heterocycles. The molecule has 1 heterocycles. The van der Waals surface area contributed by atoms with Gasteiger partial charge in [0, 0.05) is 20.3 Å². The summed E-state index contributed by atoms with van der Waals surface area (Å²) in [6, 6.07) is 0.812. The minimum atomic E-state index is -0.935. The Morgan fingerprint density at radius 2 is 2.06 bits per heavy atom. The summed E-state index contributed by atoms with van der Waals surface area (Å²) >= 11 is 0. The van der Waals surface area contributed by atoms with Crippen LogP contribution < -0.4 is 0 Å². The van der Waals surface area contributed by atoms with E-state index in [0.29, 0.717) is 6.42 Å². The van der Waals surface area contributed by atoms with Crippen molar-refractivity contribution in [1.82, 2.24) is 14.7 Å². The van der Waals surface area contributed by atoms with Crippen molar-refractivity contribution in [3.8, 4) is 0 Å². The molecular weight excluding hydrogens is 234 g/mol. The van der Waals surface area contributed by atoms with Gasteiger partial charge in [-0.05, 0) is 18.4 Å². The van der Waals surface area contributed by atoms with E-state index >= 15 is 0 Å². The molecule has 6 heteroatoms. The molecule has 100 valence electrons. The first-order chi connectivity index (χ1) is 8.32. The Morgan fingerprint density at radius 3 is 2.50 bits per heavy atom. The van der Waals surface area contributed by atoms with Crippen molar-refractivity contribution in [2.75, 3.05) is 14.1 Å². The number of nitrogens with zero attached hydrogens (tertiary/aromatic N) is 3. The van der Waals surface area contributed by atoms with Crippen LogP contribution in [0.15, 0.2) is 12.3 Å². The van der Waals surface area contributed by atoms with Gasteiger partial charge in [0.05, 0.1) is 0 Å². The Kier molecular flexibility index (Phi) is 4.47. The van der Waals surface area contributed by atoms with Crippen LogP contribution in [-0.2, 0) is 4.79 Å². The van der Waals surface area contributed by atoms with Crippen molar-refractivity contribution in [1.29, 1.82) is 0 Å². The normalized spacial score (nSPS) is 12.5. The van der Waals surface area contributed by atoms with Gasteiger partial charge in [0.15, 0.2) is 0 Å². The molecule has 0 fully saturated rings. The lowest BCUT2D eigenvalue weighted by Crippen LogP contribution is -2.24. The zero-order chi connectivity index (χ0) is 13.9. The summed E-state index contributed by atoms with van der Waals surface area (Å²) in [4.78, 5) is 24.3. The number of aromatic nitrogens is 2. The molecule has 1 aromatic heterocycles. The molecule has 0 unspecified atom stereocenters. The van der Waals surface area contributed by atoms with Gasteiger partial charge in [-0.25, -0.2) is 4.79 Å². The Bertz CT molecular complexity index is 438. The van der Waals surface area contributed by atoms with Crippen LogP contribution in [0.4, 0.5) is 0 Å². The minimum Gasteiger partial charge on any atom is -0.480 e. The number of hydrogen-bond donors (Lipinski definition) is 1. The monoisotopic (exact) mass is 253 g/mol. The van der Waals surface area contributed by atoms with Gasteiger partial charge >= 0.3 is 5.97 Å². The SMILES string of the molecule is CC(C)C[C@H](C(=O)O)n1ccc(C(=O)N(C)C)n1. The van der Waals surface area contributed by atoms with Crippen molar-refractivity contribution < 1.29 is 14.7 Å². The average molecular weight is 253 g/mol. The molecule has 0 saturated carbocycles. The maximum atomic E-state index is 11.7. The number of hydrogen-bond acceptors (Lipinski definition) is 3. The molecule has 1 rings (SSSR count). The maximum Gasteiger partial charge on any atom is 0.328 e. The third-order valence-corrected chi connectivity index (χ3v) is 2.53. The number of carboxylic acids is 1. The summed E-state index contributed by atoms with van der Waals surface area (Å²) in [6.07, 6.45) is 2.02. The van der Waals surface area contributed by atoms with Crippen LogP contribution in [0.2, 0.25) is 0 Å². The topological polar surface area (TPSA) is 75.4 Å². The minimum absolute atomic E-state index is 0.234. The lowest BCUT2D eigenvalue weighted by atomic mass is 10.0. The van der Waals surface area contributed by atoms with E-state index in [1.807, 2.05) is 13.8 Å². The molecule has 0 bridgehead atoms. The van der Waals surface area contributed by atoms with Crippen molar-refractivity contribution in [2.24, 2.45) is 5.92 Å². The standard InChI is InChI=1S/C12H19N3O3/c1-8(2)7-10(12(17)18)15-6-5-9(13-15)11(16)14(3)4/h5-6,8,10H,7H2,1-4H3,(H,17,18)/t10-/m1/s1. The quantitative estimate of drug-likeness (QED) is 0.857. The highest BCUT2D eigenvalue weighted by atomic mass is 16.4. The largest absolute Gasteiger partial charge is 0.480 e. The Balaban J connectivity index is 2.94. The number of carbonyl (C=O) groups is 2. The molecule has 0 radical (unpaired) electrons. The molecule has 0 aliphatic rings. The molecule has 1 aromatic rings. The molecule has 6 nitrogen and oxygen atoms in total. The second-order valence-electron chi connectivity index (χ2n) is 4.86. The van der Waals surface area contributed by atoms with Gasteiger partial charge in [0.2, 0.25) is 0 Å². The lowest BCUT2D eigenvalue weighted by molar-refractivity contribution is -0.141. The van der Waals surface area contributed by atoms with Crippen LogP contribution in [0.3, 0.4) is 0 Å². The van der Waals surface area contributed by atoms with Crippen molar-refractivity contribution in [3.63, 3.8) is 0 Å². The summed E-state index contributed by atoms with van der Waals surface area (Å²) in [6.45, 7) is 3.90. The smallest absolute Gasteiger partial charge is 0.328 e. The first-order valence-electron chi connectivity index (χ1n) is 5.82. The molecule has 0 aliphatic heterocycles. The van der Waals surface area contributed by atoms with Gasteiger partial charge in [-0.3, -0.25) is 9.48 Å². The molecule has 18 heavy (non-hydrogen) atoms. The lowest BCUT2D eigenvalue weighted by Gasteiger charge is -2.15. The van der Waals surface area contributed by atoms with Crippen molar-refractivity contribution in [3.05, 3.63) is 18.0 Å². The second-order valence-corrected chi connectivity index (χ2v) is 4.86. The first kappa shape index (κ1) is 14.2. The van der Waals surface area contributed by atoms with E-state index in [4.69, 9.17) is 0 Å². The van der Waals surface area contributed by atoms with Gasteiger partial charge in [-0.2, -0.15) is 5.10 Å². The van der Waals surface area contributed by atoms with Gasteiger partial charge in [0.1, 0.15) is 11.7 Å². The summed E-state index contributed by atoms with van der Waals surface area (Å²) in [5.74, 6) is -0.929. The van der Waals surface area contributed by atoms with Gasteiger partial charge in [-0.1, -0.05) is 13.8 Å². The van der Waals surface area contributed by atoms with Gasteiger partial charge in [-0.15, -0.1) is 0 Å². The van der Waals surface area contributed by atoms with Crippen molar-refractivity contribution in [2.45, 2.75) is 26.3 Å². The van der Waals surface area contributed by atoms with E-state index in [2.05, 4.69) is 5.10 Å². The van der Waals surface area contributed by atoms with Crippen LogP contribution in [0.5, 0.6) is 0 Å². The van der Waals surface area contributed by atoms with Gasteiger partial charge < -0.3 is 10.0 Å². The Hall–Kier alpha value is -1.85. The Morgan fingerprint density at radius 1 is 1.44 bits per heavy atom. The van der Waals surface area contributed by atoms with E-state index in [-0.39, 0.29) is 17.5 Å². The molecule has 1 atom stereocenters. The van der Waals surface area contributed by atoms with Crippen LogP contribution in [-0.4, -0.2) is 45.8 Å². The van der Waals surface area contributed by atoms with E-state index < -0.39 is 12.0 Å². The highest BCUT2D eigenvalue weighted by molar-refractivity contribution is 5.91. The third kappa shape index (κ3) is 3.32. The summed E-state index contributed by atoms with van der Waals surface area (Å²) in [7, 11) is 3.26. The van der Waals surface area contributed by atoms with E-state index in [1.165, 1.54) is 15.8 Å². The maximum absolute atomic E-state index is 11.7. The number of aliphatic carboxylic acids is 1. The molecule has 1 N–H and O–H groups in total. The number of carboxylic acid groups (broad SMARTS) is 1. The highest BCUT2D eigenvalue weighted by Gasteiger charge is 2.23. The van der Waals surface area contributed by atoms with Crippen LogP contribution in [0, 0.1) is 5.92 Å². The fourth-order valence-electron chi connectivity index (χ4n) is 1.62. The summed E-state index contributed by atoms with van der Waals surface area (Å²) in [5.41, 5.74) is 0.259. The van der Waals surface area contributed by atoms with E-state index in [1.54, 1.807) is 20.2 Å². The first-order valence-corrected chi connectivity index (χ1v) is 5.82. The molecule has 0 spiro atoms. The predicted octanol–water partition coefficient (Wildman–Crippen LogP) is 1.26. The number of rotatable bonds is 5. The number of carbonyl (C=O) groups excluding carboxylic acids is 1. The molecule has 0 aromatic carbocycles. The molecular formula is C12H19N3O3. The fraction of sp³-hybridized carbons (Fsp3) is 0.583. The zero-order valence-electron chi connectivity index (χ0n) is 11.1. The summed E-state index contributed by atoms with van der Waals surface area (Å²) < 4.78 is 1.35. The third-order valence-electron chi connectivity index (χ3n) is 2.53. The molecule has 1 amide bonds. The van der Waals surface area contributed by atoms with E-state index in [0.717, 1.165) is 0 Å². The average Bonchev–Trinajstić information content (AvgIpc) is 2.72. The van der Waals surface area contributed by atoms with Gasteiger partial charge in [0.25, 0.3) is 5.91 Å². The van der Waals surface area contributed by atoms with Crippen molar-refractivity contribution >= 4 is 11.9 Å². The van der Waals surface area contributed by atoms with Crippen LogP contribution in [0.25, 0.3) is 0 Å². The molecule has 0 aliphatic carbocycles. The second kappa shape index (κ2) is 5.66. The van der Waals surface area contributed by atoms with Crippen LogP contribution >= 0.6 is 0 Å². The van der Waals surface area contributed by atoms with E-state index in [9.17, 15) is 14.7 Å². The Labute approximate surface area is 106 Å². The number of amides is 1. The van der Waals surface area contributed by atoms with Crippen LogP contribution in [0.1, 0.15) is 36.8 Å². The fourth-order valence-corrected chi connectivity index (χ4v) is 1.62. The highest BCUT2D eigenvalue weighted by Crippen LogP contribution is 2.17. The predicted molar refractivity (Wildman–Crippen MR) is 66.4 cm³/mol.